The third-order valence-corrected chi connectivity index (χ3v) is 6.78. The molecule has 0 radical (unpaired) electrons. The number of ether oxygens (including phenoxy) is 2. The normalized spacial score (nSPS) is 15.8. The molecule has 3 heterocycles. The lowest BCUT2D eigenvalue weighted by Crippen LogP contribution is -2.45. The Kier molecular flexibility index (Phi) is 6.24. The Morgan fingerprint density at radius 3 is 2.57 bits per heavy atom. The Hall–Kier alpha value is -4.11. The number of allylic oxidation sites excluding steroid dienone is 1. The number of benzene rings is 2. The van der Waals surface area contributed by atoms with E-state index < -0.39 is 6.04 Å². The van der Waals surface area contributed by atoms with E-state index in [0.29, 0.717) is 24.0 Å². The number of urea groups is 1. The van der Waals surface area contributed by atoms with Gasteiger partial charge in [0.1, 0.15) is 11.5 Å². The fraction of sp³-hybridized carbons (Fsp3) is 0.192. The number of hydrogen-bond donors (Lipinski definition) is 1. The first-order valence-corrected chi connectivity index (χ1v) is 11.9. The molecule has 4 aromatic rings. The highest BCUT2D eigenvalue weighted by Crippen LogP contribution is 2.39. The highest BCUT2D eigenvalue weighted by molar-refractivity contribution is 7.09. The van der Waals surface area contributed by atoms with Gasteiger partial charge >= 0.3 is 6.03 Å². The fourth-order valence-electron chi connectivity index (χ4n) is 4.07. The maximum absolute atomic E-state index is 13.2. The second-order valence-electron chi connectivity index (χ2n) is 7.98. The number of nitrogens with one attached hydrogen (secondary N) is 1. The molecule has 1 N–H and O–H groups in total. The second-order valence-corrected chi connectivity index (χ2v) is 9.01. The van der Waals surface area contributed by atoms with Crippen LogP contribution in [0.25, 0.3) is 17.0 Å². The number of rotatable bonds is 7. The van der Waals surface area contributed by atoms with Crippen molar-refractivity contribution in [1.29, 1.82) is 0 Å². The molecule has 1 atom stereocenters. The molecule has 0 spiro atoms. The van der Waals surface area contributed by atoms with Crippen molar-refractivity contribution >= 4 is 22.9 Å². The van der Waals surface area contributed by atoms with Crippen molar-refractivity contribution < 1.29 is 18.8 Å². The summed E-state index contributed by atoms with van der Waals surface area (Å²) in [4.78, 5) is 20.7. The summed E-state index contributed by atoms with van der Waals surface area (Å²) in [6, 6.07) is 18.3. The van der Waals surface area contributed by atoms with Crippen LogP contribution < -0.4 is 14.8 Å². The van der Waals surface area contributed by atoms with Crippen LogP contribution in [-0.4, -0.2) is 35.3 Å². The fourth-order valence-corrected chi connectivity index (χ4v) is 4.76. The maximum Gasteiger partial charge on any atom is 0.322 e. The molecular formula is C26H24N4O4S. The molecule has 2 aromatic heterocycles. The van der Waals surface area contributed by atoms with Gasteiger partial charge in [0, 0.05) is 16.1 Å². The molecule has 8 nitrogen and oxygen atoms in total. The summed E-state index contributed by atoms with van der Waals surface area (Å²) in [6.45, 7) is 2.36. The lowest BCUT2D eigenvalue weighted by Gasteiger charge is -2.35. The zero-order valence-electron chi connectivity index (χ0n) is 19.5. The Balaban J connectivity index is 1.59. The van der Waals surface area contributed by atoms with Gasteiger partial charge < -0.3 is 19.3 Å². The third-order valence-electron chi connectivity index (χ3n) is 5.92. The zero-order valence-corrected chi connectivity index (χ0v) is 20.3. The van der Waals surface area contributed by atoms with Crippen molar-refractivity contribution in [2.24, 2.45) is 0 Å². The maximum atomic E-state index is 13.2. The number of hydrogen-bond acceptors (Lipinski definition) is 7. The summed E-state index contributed by atoms with van der Waals surface area (Å²) in [5, 5.41) is 9.34. The molecule has 0 fully saturated rings. The minimum Gasteiger partial charge on any atom is -0.497 e. The molecule has 35 heavy (non-hydrogen) atoms. The summed E-state index contributed by atoms with van der Waals surface area (Å²) in [5.41, 5.74) is 3.14. The van der Waals surface area contributed by atoms with E-state index in [0.717, 1.165) is 33.0 Å². The summed E-state index contributed by atoms with van der Waals surface area (Å²) in [6.07, 6.45) is 0. The Morgan fingerprint density at radius 1 is 1.06 bits per heavy atom. The van der Waals surface area contributed by atoms with Crippen LogP contribution in [0.1, 0.15) is 29.3 Å². The van der Waals surface area contributed by atoms with E-state index in [4.69, 9.17) is 19.0 Å². The van der Waals surface area contributed by atoms with Crippen molar-refractivity contribution in [1.82, 2.24) is 20.4 Å². The summed E-state index contributed by atoms with van der Waals surface area (Å²) in [5.74, 6) is 2.24. The van der Waals surface area contributed by atoms with Gasteiger partial charge in [-0.15, -0.1) is 11.3 Å². The minimum absolute atomic E-state index is 0.192. The molecule has 1 aliphatic heterocycles. The van der Waals surface area contributed by atoms with Crippen LogP contribution in [0.4, 0.5) is 4.79 Å². The summed E-state index contributed by atoms with van der Waals surface area (Å²) in [7, 11) is 3.23. The van der Waals surface area contributed by atoms with Crippen molar-refractivity contribution in [2.45, 2.75) is 19.5 Å². The second kappa shape index (κ2) is 9.63. The molecular weight excluding hydrogens is 464 g/mol. The van der Waals surface area contributed by atoms with Crippen LogP contribution in [0.5, 0.6) is 11.5 Å². The van der Waals surface area contributed by atoms with Crippen molar-refractivity contribution in [2.75, 3.05) is 14.2 Å². The standard InChI is InChI=1S/C26H24N4O4S/c1-16-22(25-28-24(29-34-25)17-9-11-19(32-2)12-10-17)23(18-6-4-7-20(14-18)33-3)27-26(31)30(16)15-21-8-5-13-35-21/h4-14,23H,15H2,1-3H3,(H,27,31). The van der Waals surface area contributed by atoms with Crippen molar-refractivity contribution in [3.8, 4) is 22.9 Å². The van der Waals surface area contributed by atoms with Crippen molar-refractivity contribution in [3.63, 3.8) is 0 Å². The monoisotopic (exact) mass is 488 g/mol. The van der Waals surface area contributed by atoms with Crippen LogP contribution in [0.15, 0.2) is 76.3 Å². The first-order valence-electron chi connectivity index (χ1n) is 11.0. The lowest BCUT2D eigenvalue weighted by molar-refractivity contribution is 0.203. The molecule has 0 saturated carbocycles. The van der Waals surface area contributed by atoms with Crippen LogP contribution in [0, 0.1) is 0 Å². The van der Waals surface area contributed by atoms with Gasteiger partial charge in [0.25, 0.3) is 5.89 Å². The number of amides is 2. The van der Waals surface area contributed by atoms with E-state index in [1.54, 1.807) is 30.5 Å². The van der Waals surface area contributed by atoms with Gasteiger partial charge in [0.05, 0.1) is 32.4 Å². The third kappa shape index (κ3) is 4.50. The van der Waals surface area contributed by atoms with E-state index in [9.17, 15) is 4.79 Å². The summed E-state index contributed by atoms with van der Waals surface area (Å²) >= 11 is 1.60. The number of nitrogens with zero attached hydrogens (tertiary/aromatic N) is 3. The minimum atomic E-state index is -0.485. The van der Waals surface area contributed by atoms with E-state index in [2.05, 4.69) is 10.5 Å². The average Bonchev–Trinajstić information content (AvgIpc) is 3.59. The summed E-state index contributed by atoms with van der Waals surface area (Å²) < 4.78 is 16.4. The molecule has 0 bridgehead atoms. The number of aromatic nitrogens is 2. The molecule has 5 rings (SSSR count). The number of carbonyl (C=O) groups is 1. The predicted octanol–water partition coefficient (Wildman–Crippen LogP) is 5.51. The van der Waals surface area contributed by atoms with Crippen molar-refractivity contribution in [3.05, 3.63) is 88.1 Å². The topological polar surface area (TPSA) is 89.7 Å². The molecule has 9 heteroatoms. The first kappa shape index (κ1) is 22.7. The Morgan fingerprint density at radius 2 is 1.86 bits per heavy atom. The Labute approximate surface area is 206 Å². The van der Waals surface area contributed by atoms with Crippen LogP contribution in [0.2, 0.25) is 0 Å². The number of carbonyl (C=O) groups excluding carboxylic acids is 1. The number of methoxy groups -OCH3 is 2. The van der Waals surface area contributed by atoms with Crippen LogP contribution in [0.3, 0.4) is 0 Å². The van der Waals surface area contributed by atoms with Gasteiger partial charge in [-0.2, -0.15) is 4.98 Å². The van der Waals surface area contributed by atoms with Gasteiger partial charge in [-0.1, -0.05) is 23.4 Å². The predicted molar refractivity (Wildman–Crippen MR) is 133 cm³/mol. The van der Waals surface area contributed by atoms with Gasteiger partial charge in [0.2, 0.25) is 5.82 Å². The first-order chi connectivity index (χ1) is 17.1. The van der Waals surface area contributed by atoms with Gasteiger partial charge in [-0.25, -0.2) is 4.79 Å². The van der Waals surface area contributed by atoms with Crippen LogP contribution >= 0.6 is 11.3 Å². The van der Waals surface area contributed by atoms with E-state index in [1.165, 1.54) is 0 Å². The van der Waals surface area contributed by atoms with E-state index >= 15 is 0 Å². The average molecular weight is 489 g/mol. The Bertz CT molecular complexity index is 1360. The SMILES string of the molecule is COc1ccc(-c2noc(C3=C(C)N(Cc4cccs4)C(=O)NC3c3cccc(OC)c3)n2)cc1. The van der Waals surface area contributed by atoms with Gasteiger partial charge in [-0.05, 0) is 60.3 Å². The van der Waals surface area contributed by atoms with E-state index in [1.807, 2.05) is 73.0 Å². The van der Waals surface area contributed by atoms with Gasteiger partial charge in [-0.3, -0.25) is 4.90 Å². The zero-order chi connectivity index (χ0) is 24.4. The quantitative estimate of drug-likeness (QED) is 0.369. The molecule has 2 amide bonds. The van der Waals surface area contributed by atoms with Crippen LogP contribution in [-0.2, 0) is 6.54 Å². The molecule has 178 valence electrons. The highest BCUT2D eigenvalue weighted by atomic mass is 32.1. The van der Waals surface area contributed by atoms with Gasteiger partial charge in [0.15, 0.2) is 0 Å². The van der Waals surface area contributed by atoms with E-state index in [-0.39, 0.29) is 6.03 Å². The number of thiophene rings is 1. The molecule has 1 aliphatic rings. The smallest absolute Gasteiger partial charge is 0.322 e. The molecule has 2 aromatic carbocycles. The molecule has 1 unspecified atom stereocenters. The molecule has 0 aliphatic carbocycles. The lowest BCUT2D eigenvalue weighted by atomic mass is 9.94. The largest absolute Gasteiger partial charge is 0.497 e. The highest BCUT2D eigenvalue weighted by Gasteiger charge is 2.36. The molecule has 0 saturated heterocycles.